The summed E-state index contributed by atoms with van der Waals surface area (Å²) in [6, 6.07) is 13.7. The molecule has 2 heterocycles. The summed E-state index contributed by atoms with van der Waals surface area (Å²) < 4.78 is 0.636. The van der Waals surface area contributed by atoms with E-state index in [1.807, 2.05) is 0 Å². The van der Waals surface area contributed by atoms with E-state index in [1.54, 1.807) is 48.5 Å². The van der Waals surface area contributed by atoms with Gasteiger partial charge in [-0.3, -0.25) is 29.0 Å². The molecule has 2 aromatic rings. The molecule has 208 valence electrons. The van der Waals surface area contributed by atoms with Crippen LogP contribution in [0.25, 0.3) is 0 Å². The van der Waals surface area contributed by atoms with E-state index in [0.29, 0.717) is 42.9 Å². The van der Waals surface area contributed by atoms with Gasteiger partial charge in [0.05, 0.1) is 9.81 Å². The molecule has 2 aliphatic rings. The van der Waals surface area contributed by atoms with Crippen LogP contribution >= 0.6 is 71.2 Å². The van der Waals surface area contributed by atoms with Gasteiger partial charge in [-0.2, -0.15) is 0 Å². The number of thiocarbonyl (C=S) groups is 2. The molecule has 8 nitrogen and oxygen atoms in total. The molecular weight excluding hydrogens is 631 g/mol. The zero-order valence-corrected chi connectivity index (χ0v) is 25.6. The molecule has 0 aliphatic carbocycles. The summed E-state index contributed by atoms with van der Waals surface area (Å²) in [6.07, 6.45) is 1.10. The Labute approximate surface area is 260 Å². The number of benzene rings is 2. The van der Waals surface area contributed by atoms with Gasteiger partial charge in [0, 0.05) is 47.4 Å². The van der Waals surface area contributed by atoms with Gasteiger partial charge in [-0.05, 0) is 49.2 Å². The third-order valence-electron chi connectivity index (χ3n) is 5.69. The van der Waals surface area contributed by atoms with Crippen molar-refractivity contribution in [2.45, 2.75) is 25.7 Å². The topological polar surface area (TPSA) is 98.8 Å². The predicted octanol–water partition coefficient (Wildman–Crippen LogP) is 6.06. The van der Waals surface area contributed by atoms with Crippen molar-refractivity contribution < 1.29 is 19.2 Å². The van der Waals surface area contributed by atoms with E-state index >= 15 is 0 Å². The highest BCUT2D eigenvalue weighted by Crippen LogP contribution is 2.42. The normalized spacial score (nSPS) is 17.1. The first-order valence-corrected chi connectivity index (χ1v) is 15.3. The molecule has 2 fully saturated rings. The lowest BCUT2D eigenvalue weighted by Gasteiger charge is -2.14. The number of halogens is 2. The first-order valence-electron chi connectivity index (χ1n) is 12.0. The lowest BCUT2D eigenvalue weighted by atomic mass is 10.2. The number of nitrogens with one attached hydrogen (secondary N) is 2. The average Bonchev–Trinajstić information content (AvgIpc) is 3.33. The molecule has 2 aliphatic heterocycles. The van der Waals surface area contributed by atoms with Crippen LogP contribution in [0.2, 0.25) is 10.0 Å². The van der Waals surface area contributed by atoms with Crippen molar-refractivity contribution in [3.63, 3.8) is 0 Å². The van der Waals surface area contributed by atoms with Gasteiger partial charge in [-0.15, -0.1) is 0 Å². The quantitative estimate of drug-likeness (QED) is 0.236. The van der Waals surface area contributed by atoms with Gasteiger partial charge in [-0.1, -0.05) is 83.3 Å². The minimum absolute atomic E-state index is 0.173. The van der Waals surface area contributed by atoms with Crippen molar-refractivity contribution in [3.05, 3.63) is 68.4 Å². The highest BCUT2D eigenvalue weighted by molar-refractivity contribution is 8.29. The predicted molar refractivity (Wildman–Crippen MR) is 169 cm³/mol. The number of hydrogen-bond acceptors (Lipinski definition) is 8. The Morgan fingerprint density at radius 2 is 1.12 bits per heavy atom. The zero-order valence-electron chi connectivity index (χ0n) is 20.8. The first kappa shape index (κ1) is 30.5. The van der Waals surface area contributed by atoms with Crippen molar-refractivity contribution in [3.8, 4) is 0 Å². The maximum absolute atomic E-state index is 13.1. The van der Waals surface area contributed by atoms with Crippen LogP contribution in [0, 0.1) is 0 Å². The van der Waals surface area contributed by atoms with Crippen LogP contribution in [0.4, 0.5) is 11.4 Å². The maximum Gasteiger partial charge on any atom is 0.267 e. The minimum atomic E-state index is -0.383. The molecule has 40 heavy (non-hydrogen) atoms. The van der Waals surface area contributed by atoms with Crippen molar-refractivity contribution in [1.82, 2.24) is 9.80 Å². The summed E-state index contributed by atoms with van der Waals surface area (Å²) in [6.45, 7) is 0.471. The molecule has 0 unspecified atom stereocenters. The number of thioether (sulfide) groups is 2. The fourth-order valence-corrected chi connectivity index (χ4v) is 6.98. The van der Waals surface area contributed by atoms with Crippen LogP contribution in [0.3, 0.4) is 0 Å². The minimum Gasteiger partial charge on any atom is -0.326 e. The molecule has 4 amide bonds. The summed E-state index contributed by atoms with van der Waals surface area (Å²) in [5.41, 5.74) is 1.18. The summed E-state index contributed by atoms with van der Waals surface area (Å²) in [7, 11) is 0. The van der Waals surface area contributed by atoms with E-state index in [0.717, 1.165) is 23.5 Å². The van der Waals surface area contributed by atoms with Crippen LogP contribution in [-0.2, 0) is 19.2 Å². The van der Waals surface area contributed by atoms with Gasteiger partial charge >= 0.3 is 0 Å². The van der Waals surface area contributed by atoms with Crippen LogP contribution < -0.4 is 10.6 Å². The molecule has 0 radical (unpaired) electrons. The van der Waals surface area contributed by atoms with Crippen LogP contribution in [0.5, 0.6) is 0 Å². The number of carbonyl (C=O) groups excluding carboxylic acids is 4. The highest BCUT2D eigenvalue weighted by Gasteiger charge is 2.41. The molecule has 14 heteroatoms. The molecule has 2 aromatic carbocycles. The molecule has 2 N–H and O–H groups in total. The average molecular weight is 654 g/mol. The van der Waals surface area contributed by atoms with Crippen molar-refractivity contribution in [2.24, 2.45) is 0 Å². The van der Waals surface area contributed by atoms with Gasteiger partial charge in [0.2, 0.25) is 11.8 Å². The molecule has 2 saturated heterocycles. The van der Waals surface area contributed by atoms with Gasteiger partial charge in [0.15, 0.2) is 0 Å². The number of anilines is 2. The molecule has 0 bridgehead atoms. The van der Waals surface area contributed by atoms with E-state index in [4.69, 9.17) is 47.6 Å². The second-order valence-corrected chi connectivity index (χ2v) is 12.8. The zero-order chi connectivity index (χ0) is 28.8. The third kappa shape index (κ3) is 7.83. The Morgan fingerprint density at radius 3 is 1.50 bits per heavy atom. The summed E-state index contributed by atoms with van der Waals surface area (Å²) in [4.78, 5) is 54.1. The summed E-state index contributed by atoms with van der Waals surface area (Å²) >= 11 is 24.8. The lowest BCUT2D eigenvalue weighted by molar-refractivity contribution is -0.124. The number of amides is 4. The highest BCUT2D eigenvalue weighted by atomic mass is 35.5. The largest absolute Gasteiger partial charge is 0.326 e. The number of rotatable bonds is 10. The fraction of sp³-hybridized carbons (Fsp3) is 0.231. The fourth-order valence-electron chi connectivity index (χ4n) is 3.83. The maximum atomic E-state index is 13.1. The van der Waals surface area contributed by atoms with Gasteiger partial charge in [0.1, 0.15) is 8.64 Å². The van der Waals surface area contributed by atoms with Gasteiger partial charge < -0.3 is 10.6 Å². The van der Waals surface area contributed by atoms with Crippen molar-refractivity contribution in [2.75, 3.05) is 23.7 Å². The second kappa shape index (κ2) is 13.9. The molecule has 4 rings (SSSR count). The number of carbonyl (C=O) groups is 4. The van der Waals surface area contributed by atoms with E-state index in [2.05, 4.69) is 10.6 Å². The Kier molecular flexibility index (Phi) is 10.6. The number of nitrogens with zero attached hydrogens (tertiary/aromatic N) is 2. The Hall–Kier alpha value is -2.48. The van der Waals surface area contributed by atoms with Gasteiger partial charge in [0.25, 0.3) is 11.8 Å². The first-order chi connectivity index (χ1) is 19.1. The van der Waals surface area contributed by atoms with Crippen LogP contribution in [0.1, 0.15) is 25.7 Å². The van der Waals surface area contributed by atoms with Crippen LogP contribution in [0.15, 0.2) is 58.3 Å². The smallest absolute Gasteiger partial charge is 0.267 e. The second-order valence-electron chi connectivity index (χ2n) is 8.63. The van der Waals surface area contributed by atoms with Crippen molar-refractivity contribution in [1.29, 1.82) is 0 Å². The Morgan fingerprint density at radius 1 is 0.725 bits per heavy atom. The molecule has 0 atom stereocenters. The summed E-state index contributed by atoms with van der Waals surface area (Å²) in [5.74, 6) is -1.19. The molecule has 0 aromatic heterocycles. The third-order valence-corrected chi connectivity index (χ3v) is 9.19. The monoisotopic (exact) mass is 652 g/mol. The van der Waals surface area contributed by atoms with Crippen molar-refractivity contribution >= 4 is 115 Å². The standard InChI is InChI=1S/C26H22Cl2N4O4S4/c27-15-5-1-7-17(13-15)29-19(33)9-3-11-31-23(35)21(39-25(31)37)22-24(36)32(26(38)40-22)12-4-10-20(34)30-18-8-2-6-16(28)14-18/h1-2,5-8,13-14H,3-4,9-12H2,(H,29,33)(H,30,34)/b22-21+. The van der Waals surface area contributed by atoms with E-state index in [-0.39, 0.29) is 59.4 Å². The summed E-state index contributed by atoms with van der Waals surface area (Å²) in [5, 5.41) is 6.56. The molecule has 0 spiro atoms. The molecular formula is C26H22Cl2N4O4S4. The molecule has 0 saturated carbocycles. The van der Waals surface area contributed by atoms with Crippen LogP contribution in [-0.4, -0.2) is 55.2 Å². The lowest BCUT2D eigenvalue weighted by Crippen LogP contribution is -2.31. The van der Waals surface area contributed by atoms with Gasteiger partial charge in [-0.25, -0.2) is 0 Å². The Balaban J connectivity index is 1.28. The Bertz CT molecular complexity index is 1330. The number of hydrogen-bond donors (Lipinski definition) is 2. The SMILES string of the molecule is O=C(CCCN1C(=O)/C(=C2\SC(=S)N(CCCC(=O)Nc3cccc(Cl)c3)C2=O)SC1=S)Nc1cccc(Cl)c1. The van der Waals surface area contributed by atoms with E-state index in [1.165, 1.54) is 9.80 Å². The van der Waals surface area contributed by atoms with E-state index in [9.17, 15) is 19.2 Å². The van der Waals surface area contributed by atoms with E-state index < -0.39 is 0 Å².